The van der Waals surface area contributed by atoms with Crippen molar-refractivity contribution in [1.82, 2.24) is 14.9 Å². The second-order valence-electron chi connectivity index (χ2n) is 19.9. The minimum Gasteiger partial charge on any atom is -0.380 e. The van der Waals surface area contributed by atoms with Gasteiger partial charge in [0, 0.05) is 84.6 Å². The van der Waals surface area contributed by atoms with Crippen molar-refractivity contribution in [2.75, 3.05) is 61.9 Å². The highest BCUT2D eigenvalue weighted by Gasteiger charge is 2.69. The number of rotatable bonds is 19. The lowest BCUT2D eigenvalue weighted by molar-refractivity contribution is -0.207. The van der Waals surface area contributed by atoms with Crippen molar-refractivity contribution in [2.24, 2.45) is 22.7 Å². The minimum atomic E-state index is -6.06. The van der Waals surface area contributed by atoms with Crippen molar-refractivity contribution in [1.29, 1.82) is 0 Å². The molecule has 0 radical (unpaired) electrons. The molecule has 378 valence electrons. The molecule has 2 saturated heterocycles. The molecular formula is C52H64F3N5O7S3. The number of benzene rings is 4. The zero-order valence-corrected chi connectivity index (χ0v) is 42.4. The molecular weight excluding hydrogens is 960 g/mol. The highest BCUT2D eigenvalue weighted by Crippen LogP contribution is 2.70. The number of Topliss-reactive ketones (excluding diaryl/α,β-unsaturated/α-hetero) is 1. The van der Waals surface area contributed by atoms with Crippen LogP contribution in [-0.4, -0.2) is 109 Å². The van der Waals surface area contributed by atoms with Crippen molar-refractivity contribution in [2.45, 2.75) is 104 Å². The average Bonchev–Trinajstić information content (AvgIpc) is 3.35. The quantitative estimate of drug-likeness (QED) is 0.0771. The Balaban J connectivity index is 0.891. The number of morpholine rings is 1. The summed E-state index contributed by atoms with van der Waals surface area (Å²) >= 11 is 1.45. The molecule has 1 amide bonds. The zero-order valence-electron chi connectivity index (χ0n) is 39.9. The van der Waals surface area contributed by atoms with Crippen LogP contribution < -0.4 is 20.3 Å². The molecule has 0 unspecified atom stereocenters. The lowest BCUT2D eigenvalue weighted by atomic mass is 9.34. The Labute approximate surface area is 414 Å². The molecule has 2 aliphatic heterocycles. The van der Waals surface area contributed by atoms with Crippen molar-refractivity contribution in [3.63, 3.8) is 0 Å². The molecule has 4 aromatic rings. The van der Waals surface area contributed by atoms with E-state index in [1.807, 2.05) is 53.3 Å². The average molecular weight is 1020 g/mol. The van der Waals surface area contributed by atoms with Crippen LogP contribution in [0, 0.1) is 22.7 Å². The molecule has 2 heterocycles. The summed E-state index contributed by atoms with van der Waals surface area (Å²) in [5, 5.41) is 6.96. The number of alkyl halides is 3. The van der Waals surface area contributed by atoms with Gasteiger partial charge in [-0.25, -0.2) is 21.6 Å². The molecule has 9 rings (SSSR count). The number of halogens is 3. The van der Waals surface area contributed by atoms with Crippen molar-refractivity contribution in [3.05, 3.63) is 114 Å². The summed E-state index contributed by atoms with van der Waals surface area (Å²) in [6.07, 6.45) is 5.47. The van der Waals surface area contributed by atoms with E-state index in [9.17, 15) is 39.6 Å². The van der Waals surface area contributed by atoms with Crippen LogP contribution in [0.4, 0.5) is 24.5 Å². The number of ketones is 1. The van der Waals surface area contributed by atoms with E-state index in [2.05, 4.69) is 53.3 Å². The molecule has 5 fully saturated rings. The maximum atomic E-state index is 14.2. The third kappa shape index (κ3) is 11.1. The third-order valence-electron chi connectivity index (χ3n) is 15.6. The predicted octanol–water partition coefficient (Wildman–Crippen LogP) is 8.60. The Kier molecular flexibility index (Phi) is 15.8. The summed E-state index contributed by atoms with van der Waals surface area (Å²) in [5.41, 5.74) is -4.53. The fourth-order valence-corrected chi connectivity index (χ4v) is 14.3. The van der Waals surface area contributed by atoms with E-state index < -0.39 is 52.8 Å². The highest BCUT2D eigenvalue weighted by atomic mass is 32.2. The Morgan fingerprint density at radius 1 is 0.871 bits per heavy atom. The molecule has 3 N–H and O–H groups in total. The Morgan fingerprint density at radius 3 is 2.17 bits per heavy atom. The van der Waals surface area contributed by atoms with Gasteiger partial charge < -0.3 is 20.3 Å². The summed E-state index contributed by atoms with van der Waals surface area (Å²) in [6.45, 7) is 11.3. The number of aryl methyl sites for hydroxylation is 1. The molecule has 18 heteroatoms. The van der Waals surface area contributed by atoms with Crippen LogP contribution >= 0.6 is 11.8 Å². The zero-order chi connectivity index (χ0) is 49.9. The largest absolute Gasteiger partial charge is 0.501 e. The number of ether oxygens (including phenoxy) is 1. The number of nitrogens with one attached hydrogen (secondary N) is 3. The minimum absolute atomic E-state index is 0.00986. The summed E-state index contributed by atoms with van der Waals surface area (Å²) in [4.78, 5) is 30.6. The van der Waals surface area contributed by atoms with Crippen LogP contribution in [0.2, 0.25) is 0 Å². The van der Waals surface area contributed by atoms with Gasteiger partial charge in [0.05, 0.1) is 23.8 Å². The number of anilines is 2. The van der Waals surface area contributed by atoms with Crippen LogP contribution in [0.1, 0.15) is 75.2 Å². The van der Waals surface area contributed by atoms with Crippen LogP contribution in [0.15, 0.2) is 118 Å². The number of carbonyl (C=O) groups excluding carboxylic acids is 2. The van der Waals surface area contributed by atoms with Gasteiger partial charge in [-0.2, -0.15) is 13.2 Å². The molecule has 5 atom stereocenters. The molecule has 2 bridgehead atoms. The number of nitrogens with zero attached hydrogens (tertiary/aromatic N) is 2. The van der Waals surface area contributed by atoms with Crippen LogP contribution in [0.3, 0.4) is 0 Å². The monoisotopic (exact) mass is 1020 g/mol. The fraction of sp³-hybridized carbons (Fsp3) is 0.500. The molecule has 12 nitrogen and oxygen atoms in total. The summed E-state index contributed by atoms with van der Waals surface area (Å²) in [7, 11) is -10.9. The molecule has 4 aromatic carbocycles. The van der Waals surface area contributed by atoms with Crippen LogP contribution in [0.5, 0.6) is 0 Å². The lowest BCUT2D eigenvalue weighted by Gasteiger charge is -2.70. The maximum absolute atomic E-state index is 14.2. The number of hydrogen-bond acceptors (Lipinski definition) is 12. The van der Waals surface area contributed by atoms with Gasteiger partial charge in [-0.1, -0.05) is 69.3 Å². The van der Waals surface area contributed by atoms with Gasteiger partial charge in [-0.3, -0.25) is 14.5 Å². The van der Waals surface area contributed by atoms with Gasteiger partial charge in [0.2, 0.25) is 0 Å². The highest BCUT2D eigenvalue weighted by molar-refractivity contribution is 7.99. The number of thioether (sulfide) groups is 1. The van der Waals surface area contributed by atoms with Gasteiger partial charge in [-0.15, -0.1) is 11.8 Å². The van der Waals surface area contributed by atoms with Gasteiger partial charge in [-0.05, 0) is 116 Å². The van der Waals surface area contributed by atoms with Crippen LogP contribution in [0.25, 0.3) is 0 Å². The Bertz CT molecular complexity index is 2680. The van der Waals surface area contributed by atoms with Gasteiger partial charge in [0.25, 0.3) is 25.8 Å². The van der Waals surface area contributed by atoms with Gasteiger partial charge in [0.1, 0.15) is 10.7 Å². The molecule has 3 saturated carbocycles. The summed E-state index contributed by atoms with van der Waals surface area (Å²) in [5.74, 6) is 0.400. The van der Waals surface area contributed by atoms with E-state index in [0.29, 0.717) is 69.2 Å². The molecule has 3 aliphatic carbocycles. The van der Waals surface area contributed by atoms with E-state index in [4.69, 9.17) is 4.74 Å². The first kappa shape index (κ1) is 51.9. The van der Waals surface area contributed by atoms with Crippen molar-refractivity contribution >= 4 is 54.7 Å². The smallest absolute Gasteiger partial charge is 0.380 e. The van der Waals surface area contributed by atoms with Gasteiger partial charge in [0.15, 0.2) is 0 Å². The number of carbonyl (C=O) groups is 2. The Hall–Kier alpha value is -4.46. The van der Waals surface area contributed by atoms with Crippen LogP contribution in [-0.2, 0) is 35.8 Å². The SMILES string of the molecule is C[C@@H]1[C@@H](NC2CCN(c3ccc(C(=O)NS(=O)(=O)c4ccc(N[C@H](CCN5CCOCC5)CSc5ccccc5)c(S(=O)(=O)C(F)(F)F)c4)cc3)CC2)C[C@H]2C[C@@]1(C(=O)CCc1ccccc1)C2(C)C. The Morgan fingerprint density at radius 2 is 1.53 bits per heavy atom. The maximum Gasteiger partial charge on any atom is 0.501 e. The number of sulfonamides is 1. The normalized spacial score (nSPS) is 23.5. The van der Waals surface area contributed by atoms with E-state index in [-0.39, 0.29) is 34.4 Å². The van der Waals surface area contributed by atoms with Crippen molar-refractivity contribution in [3.8, 4) is 0 Å². The molecule has 5 aliphatic rings. The summed E-state index contributed by atoms with van der Waals surface area (Å²) < 4.78 is 103. The third-order valence-corrected chi connectivity index (χ3v) is 19.6. The van der Waals surface area contributed by atoms with Gasteiger partial charge >= 0.3 is 5.51 Å². The number of sulfone groups is 1. The number of piperidine rings is 1. The first-order valence-electron chi connectivity index (χ1n) is 24.2. The lowest BCUT2D eigenvalue weighted by Crippen LogP contribution is -2.71. The van der Waals surface area contributed by atoms with E-state index in [0.717, 1.165) is 67.9 Å². The second-order valence-corrected chi connectivity index (χ2v) is 24.5. The van der Waals surface area contributed by atoms with E-state index in [1.165, 1.54) is 29.5 Å². The number of hydrogen-bond donors (Lipinski definition) is 3. The second kappa shape index (κ2) is 21.3. The van der Waals surface area contributed by atoms with E-state index in [1.54, 1.807) is 12.1 Å². The molecule has 0 aromatic heterocycles. The van der Waals surface area contributed by atoms with Crippen molar-refractivity contribution < 1.29 is 44.3 Å². The van der Waals surface area contributed by atoms with E-state index >= 15 is 0 Å². The molecule has 70 heavy (non-hydrogen) atoms. The summed E-state index contributed by atoms with van der Waals surface area (Å²) in [6, 6.07) is 28.4. The number of amides is 1. The molecule has 0 spiro atoms. The fourth-order valence-electron chi connectivity index (χ4n) is 11.3. The number of fused-ring (bicyclic) bond motifs is 2. The predicted molar refractivity (Wildman–Crippen MR) is 267 cm³/mol. The standard InChI is InChI=1S/C52H64F3N5O7S3/c1-36-46(32-39-34-51(36,50(39,2)3)48(61)21-14-37-10-6-4-7-11-37)56-40-23-26-60(27-24-40)42-17-15-38(16-18-42)49(62)58-70(65,66)44-19-20-45(47(33-44)69(63,64)52(53,54)55)57-41(22-25-59-28-30-67-31-29-59)35-68-43-12-8-5-9-13-43/h4-13,15-20,33,36,39-41,46,56-57H,14,21-32,34-35H2,1-3H3,(H,58,62)/t36-,39+,41-,46+,51-/m1/s1. The first-order valence-corrected chi connectivity index (χ1v) is 28.2. The first-order chi connectivity index (χ1) is 33.3. The topological polar surface area (TPSA) is 154 Å².